The molecule has 2 nitrogen and oxygen atoms in total. The van der Waals surface area contributed by atoms with Crippen molar-refractivity contribution in [2.45, 2.75) is 39.7 Å². The van der Waals surface area contributed by atoms with E-state index in [1.54, 1.807) is 0 Å². The van der Waals surface area contributed by atoms with Gasteiger partial charge in [-0.15, -0.1) is 0 Å². The summed E-state index contributed by atoms with van der Waals surface area (Å²) in [6, 6.07) is 0.351. The zero-order valence-electron chi connectivity index (χ0n) is 8.88. The first-order chi connectivity index (χ1) is 5.61. The van der Waals surface area contributed by atoms with Gasteiger partial charge in [-0.1, -0.05) is 20.8 Å². The molecule has 1 N–H and O–H groups in total. The van der Waals surface area contributed by atoms with Gasteiger partial charge in [-0.05, 0) is 32.4 Å². The molecular formula is C10H23NO. The molecule has 0 radical (unpaired) electrons. The maximum Gasteiger partial charge on any atom is 0.0586 e. The average molecular weight is 173 g/mol. The minimum absolute atomic E-state index is 0.283. The lowest BCUT2D eigenvalue weighted by molar-refractivity contribution is 0.139. The van der Waals surface area contributed by atoms with Crippen LogP contribution >= 0.6 is 0 Å². The van der Waals surface area contributed by atoms with Crippen LogP contribution in [0.5, 0.6) is 0 Å². The topological polar surface area (TPSA) is 23.5 Å². The SMILES string of the molecule is CCC(CO)N(C)CCC(C)C. The number of hydrogen-bond acceptors (Lipinski definition) is 2. The predicted molar refractivity (Wildman–Crippen MR) is 53.2 cm³/mol. The van der Waals surface area contributed by atoms with Crippen molar-refractivity contribution in [3.63, 3.8) is 0 Å². The maximum absolute atomic E-state index is 9.02. The summed E-state index contributed by atoms with van der Waals surface area (Å²) in [6.45, 7) is 7.95. The number of rotatable bonds is 6. The molecule has 0 bridgehead atoms. The third kappa shape index (κ3) is 4.73. The van der Waals surface area contributed by atoms with Gasteiger partial charge >= 0.3 is 0 Å². The number of aliphatic hydroxyl groups is 1. The van der Waals surface area contributed by atoms with E-state index in [4.69, 9.17) is 5.11 Å². The molecule has 74 valence electrons. The Morgan fingerprint density at radius 2 is 1.92 bits per heavy atom. The second kappa shape index (κ2) is 6.44. The van der Waals surface area contributed by atoms with Crippen molar-refractivity contribution in [3.8, 4) is 0 Å². The molecular weight excluding hydrogens is 150 g/mol. The van der Waals surface area contributed by atoms with Crippen LogP contribution in [0.25, 0.3) is 0 Å². The van der Waals surface area contributed by atoms with E-state index in [1.165, 1.54) is 6.42 Å². The van der Waals surface area contributed by atoms with Crippen LogP contribution in [0.2, 0.25) is 0 Å². The number of nitrogens with zero attached hydrogens (tertiary/aromatic N) is 1. The van der Waals surface area contributed by atoms with Gasteiger partial charge in [0.1, 0.15) is 0 Å². The minimum atomic E-state index is 0.283. The fraction of sp³-hybridized carbons (Fsp3) is 1.00. The summed E-state index contributed by atoms with van der Waals surface area (Å²) in [5.74, 6) is 0.753. The lowest BCUT2D eigenvalue weighted by Crippen LogP contribution is -2.35. The molecule has 0 heterocycles. The fourth-order valence-electron chi connectivity index (χ4n) is 1.22. The van der Waals surface area contributed by atoms with Crippen LogP contribution in [0, 0.1) is 5.92 Å². The first-order valence-electron chi connectivity index (χ1n) is 4.92. The molecule has 0 saturated heterocycles. The summed E-state index contributed by atoms with van der Waals surface area (Å²) in [5, 5.41) is 9.02. The minimum Gasteiger partial charge on any atom is -0.395 e. The van der Waals surface area contributed by atoms with Crippen molar-refractivity contribution in [1.82, 2.24) is 4.90 Å². The highest BCUT2D eigenvalue weighted by Crippen LogP contribution is 2.05. The van der Waals surface area contributed by atoms with Gasteiger partial charge in [-0.3, -0.25) is 0 Å². The third-order valence-corrected chi connectivity index (χ3v) is 2.36. The second-order valence-electron chi connectivity index (χ2n) is 3.91. The molecule has 0 aromatic heterocycles. The lowest BCUT2D eigenvalue weighted by Gasteiger charge is -2.25. The molecule has 0 spiro atoms. The van der Waals surface area contributed by atoms with E-state index < -0.39 is 0 Å². The van der Waals surface area contributed by atoms with Crippen molar-refractivity contribution in [1.29, 1.82) is 0 Å². The molecule has 0 aliphatic heterocycles. The van der Waals surface area contributed by atoms with Crippen molar-refractivity contribution in [3.05, 3.63) is 0 Å². The lowest BCUT2D eigenvalue weighted by atomic mass is 10.1. The Kier molecular flexibility index (Phi) is 6.39. The van der Waals surface area contributed by atoms with Gasteiger partial charge in [0.25, 0.3) is 0 Å². The van der Waals surface area contributed by atoms with E-state index in [0.717, 1.165) is 18.9 Å². The van der Waals surface area contributed by atoms with Crippen LogP contribution in [-0.2, 0) is 0 Å². The highest BCUT2D eigenvalue weighted by molar-refractivity contribution is 4.65. The van der Waals surface area contributed by atoms with Gasteiger partial charge in [0, 0.05) is 6.04 Å². The zero-order valence-corrected chi connectivity index (χ0v) is 8.88. The molecule has 0 rings (SSSR count). The van der Waals surface area contributed by atoms with Crippen molar-refractivity contribution >= 4 is 0 Å². The molecule has 0 aliphatic rings. The van der Waals surface area contributed by atoms with Gasteiger partial charge < -0.3 is 10.0 Å². The molecule has 12 heavy (non-hydrogen) atoms. The van der Waals surface area contributed by atoms with Crippen LogP contribution in [0.15, 0.2) is 0 Å². The van der Waals surface area contributed by atoms with Gasteiger partial charge in [0.15, 0.2) is 0 Å². The van der Waals surface area contributed by atoms with Crippen molar-refractivity contribution in [2.24, 2.45) is 5.92 Å². The van der Waals surface area contributed by atoms with E-state index >= 15 is 0 Å². The van der Waals surface area contributed by atoms with E-state index in [0.29, 0.717) is 6.04 Å². The average Bonchev–Trinajstić information content (AvgIpc) is 2.03. The Balaban J connectivity index is 3.61. The Morgan fingerprint density at radius 3 is 2.25 bits per heavy atom. The highest BCUT2D eigenvalue weighted by Gasteiger charge is 2.10. The first kappa shape index (κ1) is 11.9. The van der Waals surface area contributed by atoms with Crippen molar-refractivity contribution in [2.75, 3.05) is 20.2 Å². The van der Waals surface area contributed by atoms with Crippen LogP contribution in [-0.4, -0.2) is 36.2 Å². The van der Waals surface area contributed by atoms with Crippen LogP contribution in [0.3, 0.4) is 0 Å². The molecule has 0 aliphatic carbocycles. The van der Waals surface area contributed by atoms with E-state index in [9.17, 15) is 0 Å². The van der Waals surface area contributed by atoms with Gasteiger partial charge in [-0.25, -0.2) is 0 Å². The van der Waals surface area contributed by atoms with Gasteiger partial charge in [0.2, 0.25) is 0 Å². The molecule has 0 fully saturated rings. The summed E-state index contributed by atoms with van der Waals surface area (Å²) >= 11 is 0. The molecule has 0 amide bonds. The Hall–Kier alpha value is -0.0800. The number of hydrogen-bond donors (Lipinski definition) is 1. The predicted octanol–water partition coefficient (Wildman–Crippen LogP) is 1.74. The summed E-state index contributed by atoms with van der Waals surface area (Å²) in [4.78, 5) is 2.25. The quantitative estimate of drug-likeness (QED) is 0.661. The standard InChI is InChI=1S/C10H23NO/c1-5-10(8-12)11(4)7-6-9(2)3/h9-10,12H,5-8H2,1-4H3. The molecule has 0 saturated carbocycles. The summed E-state index contributed by atoms with van der Waals surface area (Å²) in [6.07, 6.45) is 2.25. The molecule has 1 unspecified atom stereocenters. The molecule has 2 heteroatoms. The number of likely N-dealkylation sites (N-methyl/N-ethyl adjacent to an activating group) is 1. The van der Waals surface area contributed by atoms with E-state index in [-0.39, 0.29) is 6.61 Å². The van der Waals surface area contributed by atoms with Gasteiger partial charge in [-0.2, -0.15) is 0 Å². The zero-order chi connectivity index (χ0) is 9.56. The summed E-state index contributed by atoms with van der Waals surface area (Å²) < 4.78 is 0. The highest BCUT2D eigenvalue weighted by atomic mass is 16.3. The van der Waals surface area contributed by atoms with E-state index in [1.807, 2.05) is 0 Å². The molecule has 0 aromatic carbocycles. The van der Waals surface area contributed by atoms with Crippen LogP contribution in [0.4, 0.5) is 0 Å². The van der Waals surface area contributed by atoms with E-state index in [2.05, 4.69) is 32.7 Å². The normalized spacial score (nSPS) is 14.2. The Morgan fingerprint density at radius 1 is 1.33 bits per heavy atom. The summed E-state index contributed by atoms with van der Waals surface area (Å²) in [7, 11) is 2.09. The van der Waals surface area contributed by atoms with Crippen LogP contribution in [0.1, 0.15) is 33.6 Å². The molecule has 0 aromatic rings. The Bertz CT molecular complexity index is 100. The van der Waals surface area contributed by atoms with Gasteiger partial charge in [0.05, 0.1) is 6.61 Å². The first-order valence-corrected chi connectivity index (χ1v) is 4.92. The largest absolute Gasteiger partial charge is 0.395 e. The second-order valence-corrected chi connectivity index (χ2v) is 3.91. The number of aliphatic hydroxyl groups excluding tert-OH is 1. The van der Waals surface area contributed by atoms with Crippen LogP contribution < -0.4 is 0 Å². The van der Waals surface area contributed by atoms with Crippen molar-refractivity contribution < 1.29 is 5.11 Å². The Labute approximate surface area is 76.6 Å². The smallest absolute Gasteiger partial charge is 0.0586 e. The summed E-state index contributed by atoms with van der Waals surface area (Å²) in [5.41, 5.74) is 0. The maximum atomic E-state index is 9.02. The molecule has 1 atom stereocenters. The monoisotopic (exact) mass is 173 g/mol. The third-order valence-electron chi connectivity index (χ3n) is 2.36. The fourth-order valence-corrected chi connectivity index (χ4v) is 1.22.